The molecule has 0 aliphatic carbocycles. The van der Waals surface area contributed by atoms with E-state index in [2.05, 4.69) is 104 Å². The molecular weight excluding hydrogens is 492 g/mol. The van der Waals surface area contributed by atoms with Gasteiger partial charge in [0.15, 0.2) is 0 Å². The molecule has 0 rings (SSSR count). The van der Waals surface area contributed by atoms with Crippen LogP contribution >= 0.6 is 0 Å². The molecule has 0 fully saturated rings. The quantitative estimate of drug-likeness (QED) is 0.133. The van der Waals surface area contributed by atoms with Crippen molar-refractivity contribution >= 4 is 0 Å². The van der Waals surface area contributed by atoms with Crippen molar-refractivity contribution in [2.24, 2.45) is 29.6 Å². The van der Waals surface area contributed by atoms with Crippen molar-refractivity contribution in [2.75, 3.05) is 0 Å². The summed E-state index contributed by atoms with van der Waals surface area (Å²) >= 11 is 0. The molecule has 0 unspecified atom stereocenters. The van der Waals surface area contributed by atoms with E-state index in [1.807, 2.05) is 0 Å². The molecule has 0 saturated heterocycles. The van der Waals surface area contributed by atoms with Crippen LogP contribution < -0.4 is 0 Å². The summed E-state index contributed by atoms with van der Waals surface area (Å²) in [6.45, 7) is 34.1. The van der Waals surface area contributed by atoms with Gasteiger partial charge in [-0.25, -0.2) is 0 Å². The van der Waals surface area contributed by atoms with Gasteiger partial charge in [-0.2, -0.15) is 0 Å². The first-order valence-corrected chi connectivity index (χ1v) is 19.2. The Labute approximate surface area is 268 Å². The maximum Gasteiger partial charge on any atom is -0.0420 e. The van der Waals surface area contributed by atoms with Gasteiger partial charge in [0.25, 0.3) is 0 Å². The molecule has 0 spiro atoms. The molecule has 0 aliphatic rings. The highest BCUT2D eigenvalue weighted by Gasteiger charge is 2.01. The van der Waals surface area contributed by atoms with Crippen LogP contribution in [0.25, 0.3) is 0 Å². The molecule has 258 valence electrons. The second kappa shape index (κ2) is 49.7. The lowest BCUT2D eigenvalue weighted by Gasteiger charge is -2.08. The van der Waals surface area contributed by atoms with Gasteiger partial charge in [0.1, 0.15) is 0 Å². The maximum absolute atomic E-state index is 2.28. The Hall–Kier alpha value is 0. The Balaban J connectivity index is -0.0000000928. The fourth-order valence-electron chi connectivity index (χ4n) is 5.53. The van der Waals surface area contributed by atoms with E-state index in [4.69, 9.17) is 0 Å². The van der Waals surface area contributed by atoms with Crippen LogP contribution in [0.3, 0.4) is 0 Å². The molecule has 0 amide bonds. The predicted octanol–water partition coefficient (Wildman–Crippen LogP) is 16.7. The molecule has 0 N–H and O–H groups in total. The third kappa shape index (κ3) is 47.2. The Kier molecular flexibility index (Phi) is 64.9. The summed E-state index contributed by atoms with van der Waals surface area (Å²) in [5, 5.41) is 0. The van der Waals surface area contributed by atoms with E-state index >= 15 is 0 Å². The third-order valence-electron chi connectivity index (χ3n) is 9.26. The van der Waals surface area contributed by atoms with Crippen LogP contribution in [0.4, 0.5) is 0 Å². The van der Waals surface area contributed by atoms with E-state index in [0.29, 0.717) is 0 Å². The molecule has 0 saturated carbocycles. The van der Waals surface area contributed by atoms with Crippen LogP contribution in [0.1, 0.15) is 240 Å². The molecule has 0 aliphatic heterocycles. The Morgan fingerprint density at radius 2 is 0.317 bits per heavy atom. The van der Waals surface area contributed by atoms with Gasteiger partial charge in [-0.3, -0.25) is 0 Å². The van der Waals surface area contributed by atoms with Crippen molar-refractivity contribution in [3.63, 3.8) is 0 Å². The standard InChI is InChI=1S/5C8H18.CH4/c5*1-4-7-8(5-2)6-3;/h5*8H,4-7H2,1-3H3;1H4. The lowest BCUT2D eigenvalue weighted by Crippen LogP contribution is -1.94. The van der Waals surface area contributed by atoms with Gasteiger partial charge in [-0.05, 0) is 29.6 Å². The average molecular weight is 587 g/mol. The zero-order chi connectivity index (χ0) is 32.0. The van der Waals surface area contributed by atoms with Gasteiger partial charge in [0.2, 0.25) is 0 Å². The summed E-state index contributed by atoms with van der Waals surface area (Å²) in [5.74, 6) is 5.00. The first-order valence-electron chi connectivity index (χ1n) is 19.2. The van der Waals surface area contributed by atoms with Crippen molar-refractivity contribution in [3.05, 3.63) is 0 Å². The van der Waals surface area contributed by atoms with E-state index in [1.165, 1.54) is 128 Å². The Morgan fingerprint density at radius 1 is 0.220 bits per heavy atom. The molecule has 0 aromatic carbocycles. The fourth-order valence-corrected chi connectivity index (χ4v) is 5.53. The minimum atomic E-state index is 0. The van der Waals surface area contributed by atoms with Gasteiger partial charge >= 0.3 is 0 Å². The molecular formula is C41H94. The predicted molar refractivity (Wildman–Crippen MR) is 202 cm³/mol. The normalized spacial score (nSPS) is 10.2. The summed E-state index contributed by atoms with van der Waals surface area (Å²) < 4.78 is 0. The molecule has 0 nitrogen and oxygen atoms in total. The molecule has 41 heavy (non-hydrogen) atoms. The zero-order valence-corrected chi connectivity index (χ0v) is 32.0. The van der Waals surface area contributed by atoms with Gasteiger partial charge in [-0.1, -0.05) is 240 Å². The van der Waals surface area contributed by atoms with Crippen molar-refractivity contribution in [1.82, 2.24) is 0 Å². The minimum Gasteiger partial charge on any atom is -0.0776 e. The van der Waals surface area contributed by atoms with Gasteiger partial charge in [0.05, 0.1) is 0 Å². The van der Waals surface area contributed by atoms with Crippen LogP contribution in [0, 0.1) is 29.6 Å². The van der Waals surface area contributed by atoms with Crippen LogP contribution in [0.15, 0.2) is 0 Å². The number of hydrogen-bond acceptors (Lipinski definition) is 0. The topological polar surface area (TPSA) is 0 Å². The van der Waals surface area contributed by atoms with Crippen molar-refractivity contribution in [1.29, 1.82) is 0 Å². The maximum atomic E-state index is 2.28. The third-order valence-corrected chi connectivity index (χ3v) is 9.26. The largest absolute Gasteiger partial charge is 0.0776 e. The Bertz CT molecular complexity index is 258. The van der Waals surface area contributed by atoms with Crippen LogP contribution in [0.2, 0.25) is 0 Å². The Morgan fingerprint density at radius 3 is 0.341 bits per heavy atom. The highest BCUT2D eigenvalue weighted by molar-refractivity contribution is 4.54. The van der Waals surface area contributed by atoms with E-state index < -0.39 is 0 Å². The van der Waals surface area contributed by atoms with Crippen LogP contribution in [0.5, 0.6) is 0 Å². The minimum absolute atomic E-state index is 0. The van der Waals surface area contributed by atoms with E-state index in [0.717, 1.165) is 29.6 Å². The lowest BCUT2D eigenvalue weighted by atomic mass is 9.98. The van der Waals surface area contributed by atoms with Crippen LogP contribution in [-0.4, -0.2) is 0 Å². The SMILES string of the molecule is C.CCCC(CC)CC.CCCC(CC)CC.CCCC(CC)CC.CCCC(CC)CC.CCCC(CC)CC. The summed E-state index contributed by atoms with van der Waals surface area (Å²) in [6.07, 6.45) is 27.5. The van der Waals surface area contributed by atoms with Crippen molar-refractivity contribution < 1.29 is 0 Å². The molecule has 0 atom stereocenters. The smallest absolute Gasteiger partial charge is 0.0420 e. The number of hydrogen-bond donors (Lipinski definition) is 0. The molecule has 0 radical (unpaired) electrons. The average Bonchev–Trinajstić information content (AvgIpc) is 3.00. The molecule has 0 heterocycles. The van der Waals surface area contributed by atoms with E-state index in [-0.39, 0.29) is 7.43 Å². The highest BCUT2D eigenvalue weighted by Crippen LogP contribution is 2.16. The van der Waals surface area contributed by atoms with Crippen LogP contribution in [-0.2, 0) is 0 Å². The molecule has 0 aromatic rings. The molecule has 0 heteroatoms. The van der Waals surface area contributed by atoms with Gasteiger partial charge in [-0.15, -0.1) is 0 Å². The van der Waals surface area contributed by atoms with Crippen molar-refractivity contribution in [2.45, 2.75) is 240 Å². The first-order chi connectivity index (χ1) is 19.2. The first kappa shape index (κ1) is 53.6. The zero-order valence-electron chi connectivity index (χ0n) is 32.0. The fraction of sp³-hybridized carbons (Fsp3) is 1.00. The monoisotopic (exact) mass is 587 g/mol. The summed E-state index contributed by atoms with van der Waals surface area (Å²) in [7, 11) is 0. The summed E-state index contributed by atoms with van der Waals surface area (Å²) in [4.78, 5) is 0. The van der Waals surface area contributed by atoms with E-state index in [9.17, 15) is 0 Å². The summed E-state index contributed by atoms with van der Waals surface area (Å²) in [6, 6.07) is 0. The second-order valence-electron chi connectivity index (χ2n) is 12.4. The second-order valence-corrected chi connectivity index (χ2v) is 12.4. The molecule has 0 bridgehead atoms. The molecule has 0 aromatic heterocycles. The van der Waals surface area contributed by atoms with E-state index in [1.54, 1.807) is 0 Å². The van der Waals surface area contributed by atoms with Crippen molar-refractivity contribution in [3.8, 4) is 0 Å². The number of rotatable bonds is 20. The highest BCUT2D eigenvalue weighted by atomic mass is 14.1. The van der Waals surface area contributed by atoms with Gasteiger partial charge in [0, 0.05) is 0 Å². The van der Waals surface area contributed by atoms with Gasteiger partial charge < -0.3 is 0 Å². The lowest BCUT2D eigenvalue weighted by molar-refractivity contribution is 0.451. The summed E-state index contributed by atoms with van der Waals surface area (Å²) in [5.41, 5.74) is 0.